The van der Waals surface area contributed by atoms with Gasteiger partial charge in [0, 0.05) is 11.0 Å². The Hall–Kier alpha value is -1.07. The van der Waals surface area contributed by atoms with Gasteiger partial charge in [-0.3, -0.25) is 0 Å². The number of halogens is 2. The number of anilines is 1. The zero-order chi connectivity index (χ0) is 12.3. The average Bonchev–Trinajstić information content (AvgIpc) is 2.77. The van der Waals surface area contributed by atoms with E-state index >= 15 is 0 Å². The van der Waals surface area contributed by atoms with Gasteiger partial charge in [0.15, 0.2) is 0 Å². The van der Waals surface area contributed by atoms with Gasteiger partial charge in [0.2, 0.25) is 5.89 Å². The zero-order valence-electron chi connectivity index (χ0n) is 9.15. The molecule has 0 amide bonds. The third kappa shape index (κ3) is 3.20. The summed E-state index contributed by atoms with van der Waals surface area (Å²) in [6.07, 6.45) is 0. The molecule has 1 atom stereocenters. The molecule has 0 aliphatic carbocycles. The van der Waals surface area contributed by atoms with Gasteiger partial charge in [-0.15, -0.1) is 16.7 Å². The minimum Gasteiger partial charge on any atom is -0.406 e. The molecule has 0 bridgehead atoms. The molecular formula is C11H11BrClN3O. The summed E-state index contributed by atoms with van der Waals surface area (Å²) >= 11 is 9.30. The molecule has 1 aromatic heterocycles. The van der Waals surface area contributed by atoms with Crippen LogP contribution in [0.1, 0.15) is 23.8 Å². The van der Waals surface area contributed by atoms with E-state index in [1.54, 1.807) is 6.92 Å². The number of benzene rings is 1. The highest BCUT2D eigenvalue weighted by Crippen LogP contribution is 2.21. The molecule has 1 aromatic carbocycles. The van der Waals surface area contributed by atoms with Gasteiger partial charge in [-0.1, -0.05) is 39.2 Å². The summed E-state index contributed by atoms with van der Waals surface area (Å²) in [4.78, 5) is 0. The first-order chi connectivity index (χ1) is 8.16. The molecule has 0 fully saturated rings. The van der Waals surface area contributed by atoms with Crippen LogP contribution in [-0.2, 0) is 6.54 Å². The molecule has 0 aliphatic heterocycles. The number of nitrogens with one attached hydrogen (secondary N) is 1. The average molecular weight is 317 g/mol. The standard InChI is InChI=1S/C11H11BrClN3O/c1-7(13)10-15-16-11(17-10)14-6-8-4-2-3-5-9(8)12/h2-5,7H,6H2,1H3,(H,14,16). The van der Waals surface area contributed by atoms with Crippen LogP contribution in [0.15, 0.2) is 33.2 Å². The van der Waals surface area contributed by atoms with Crippen LogP contribution in [0.5, 0.6) is 0 Å². The molecule has 2 aromatic rings. The molecule has 2 rings (SSSR count). The van der Waals surface area contributed by atoms with Crippen molar-refractivity contribution in [2.75, 3.05) is 5.32 Å². The molecule has 1 unspecified atom stereocenters. The summed E-state index contributed by atoms with van der Waals surface area (Å²) in [5.41, 5.74) is 1.12. The molecule has 90 valence electrons. The smallest absolute Gasteiger partial charge is 0.315 e. The Bertz CT molecular complexity index is 501. The second-order valence-corrected chi connectivity index (χ2v) is 5.02. The highest BCUT2D eigenvalue weighted by Gasteiger charge is 2.10. The lowest BCUT2D eigenvalue weighted by Crippen LogP contribution is -2.00. The minimum absolute atomic E-state index is 0.276. The third-order valence-electron chi connectivity index (χ3n) is 2.17. The van der Waals surface area contributed by atoms with Crippen molar-refractivity contribution in [1.29, 1.82) is 0 Å². The van der Waals surface area contributed by atoms with Gasteiger partial charge < -0.3 is 9.73 Å². The van der Waals surface area contributed by atoms with Crippen molar-refractivity contribution < 1.29 is 4.42 Å². The van der Waals surface area contributed by atoms with Crippen molar-refractivity contribution in [3.8, 4) is 0 Å². The molecule has 17 heavy (non-hydrogen) atoms. The minimum atomic E-state index is -0.276. The predicted molar refractivity (Wildman–Crippen MR) is 70.0 cm³/mol. The molecular weight excluding hydrogens is 305 g/mol. The van der Waals surface area contributed by atoms with Crippen molar-refractivity contribution in [1.82, 2.24) is 10.2 Å². The summed E-state index contributed by atoms with van der Waals surface area (Å²) in [5.74, 6) is 0.418. The van der Waals surface area contributed by atoms with E-state index < -0.39 is 0 Å². The van der Waals surface area contributed by atoms with Crippen LogP contribution in [0.3, 0.4) is 0 Å². The SMILES string of the molecule is CC(Cl)c1nnc(NCc2ccccc2Br)o1. The molecule has 0 saturated carbocycles. The number of rotatable bonds is 4. The number of alkyl halides is 1. The van der Waals surface area contributed by atoms with Crippen LogP contribution in [0, 0.1) is 0 Å². The third-order valence-corrected chi connectivity index (χ3v) is 3.13. The van der Waals surface area contributed by atoms with Crippen molar-refractivity contribution in [2.45, 2.75) is 18.8 Å². The second-order valence-electron chi connectivity index (χ2n) is 3.51. The lowest BCUT2D eigenvalue weighted by molar-refractivity contribution is 0.505. The van der Waals surface area contributed by atoms with Crippen LogP contribution >= 0.6 is 27.5 Å². The monoisotopic (exact) mass is 315 g/mol. The summed E-state index contributed by atoms with van der Waals surface area (Å²) in [6, 6.07) is 8.31. The number of nitrogens with zero attached hydrogens (tertiary/aromatic N) is 2. The topological polar surface area (TPSA) is 51.0 Å². The van der Waals surface area contributed by atoms with E-state index in [0.717, 1.165) is 10.0 Å². The van der Waals surface area contributed by atoms with E-state index in [1.807, 2.05) is 24.3 Å². The van der Waals surface area contributed by atoms with Crippen LogP contribution in [0.25, 0.3) is 0 Å². The Morgan fingerprint density at radius 1 is 1.41 bits per heavy atom. The highest BCUT2D eigenvalue weighted by atomic mass is 79.9. The van der Waals surface area contributed by atoms with Crippen molar-refractivity contribution in [2.24, 2.45) is 0 Å². The maximum absolute atomic E-state index is 5.83. The molecule has 0 spiro atoms. The van der Waals surface area contributed by atoms with Gasteiger partial charge in [0.05, 0.1) is 0 Å². The molecule has 1 N–H and O–H groups in total. The maximum atomic E-state index is 5.83. The number of hydrogen-bond acceptors (Lipinski definition) is 4. The van der Waals surface area contributed by atoms with Gasteiger partial charge in [-0.05, 0) is 18.6 Å². The first kappa shape index (κ1) is 12.4. The van der Waals surface area contributed by atoms with E-state index in [1.165, 1.54) is 0 Å². The molecule has 0 aliphatic rings. The summed E-state index contributed by atoms with van der Waals surface area (Å²) < 4.78 is 6.37. The quantitative estimate of drug-likeness (QED) is 0.873. The van der Waals surface area contributed by atoms with Crippen LogP contribution < -0.4 is 5.32 Å². The number of aromatic nitrogens is 2. The lowest BCUT2D eigenvalue weighted by Gasteiger charge is -2.03. The fourth-order valence-electron chi connectivity index (χ4n) is 1.28. The normalized spacial score (nSPS) is 12.4. The van der Waals surface area contributed by atoms with Gasteiger partial charge in [0.25, 0.3) is 0 Å². The van der Waals surface area contributed by atoms with Crippen molar-refractivity contribution in [3.05, 3.63) is 40.2 Å². The van der Waals surface area contributed by atoms with Crippen LogP contribution in [0.4, 0.5) is 6.01 Å². The summed E-state index contributed by atoms with van der Waals surface area (Å²) in [7, 11) is 0. The van der Waals surface area contributed by atoms with Crippen molar-refractivity contribution >= 4 is 33.5 Å². The molecule has 0 saturated heterocycles. The van der Waals surface area contributed by atoms with Crippen molar-refractivity contribution in [3.63, 3.8) is 0 Å². The van der Waals surface area contributed by atoms with Crippen LogP contribution in [0.2, 0.25) is 0 Å². The first-order valence-corrected chi connectivity index (χ1v) is 6.34. The van der Waals surface area contributed by atoms with Gasteiger partial charge in [-0.25, -0.2) is 0 Å². The fourth-order valence-corrected chi connectivity index (χ4v) is 1.79. The van der Waals surface area contributed by atoms with E-state index in [0.29, 0.717) is 18.5 Å². The van der Waals surface area contributed by atoms with Gasteiger partial charge in [-0.2, -0.15) is 0 Å². The fraction of sp³-hybridized carbons (Fsp3) is 0.273. The van der Waals surface area contributed by atoms with E-state index in [4.69, 9.17) is 16.0 Å². The predicted octanol–water partition coefficient (Wildman–Crippen LogP) is 3.74. The van der Waals surface area contributed by atoms with E-state index in [9.17, 15) is 0 Å². The Balaban J connectivity index is 2.00. The largest absolute Gasteiger partial charge is 0.406 e. The summed E-state index contributed by atoms with van der Waals surface area (Å²) in [6.45, 7) is 2.40. The Labute approximate surface area is 113 Å². The van der Waals surface area contributed by atoms with Crippen LogP contribution in [-0.4, -0.2) is 10.2 Å². The Morgan fingerprint density at radius 2 is 2.18 bits per heavy atom. The molecule has 1 heterocycles. The highest BCUT2D eigenvalue weighted by molar-refractivity contribution is 9.10. The van der Waals surface area contributed by atoms with E-state index in [2.05, 4.69) is 31.4 Å². The zero-order valence-corrected chi connectivity index (χ0v) is 11.5. The van der Waals surface area contributed by atoms with Gasteiger partial charge >= 0.3 is 6.01 Å². The Morgan fingerprint density at radius 3 is 2.82 bits per heavy atom. The molecule has 0 radical (unpaired) electrons. The second kappa shape index (κ2) is 5.51. The first-order valence-electron chi connectivity index (χ1n) is 5.11. The molecule has 4 nitrogen and oxygen atoms in total. The van der Waals surface area contributed by atoms with E-state index in [-0.39, 0.29) is 5.38 Å². The molecule has 6 heteroatoms. The number of hydrogen-bond donors (Lipinski definition) is 1. The van der Waals surface area contributed by atoms with Gasteiger partial charge in [0.1, 0.15) is 5.38 Å². The maximum Gasteiger partial charge on any atom is 0.315 e. The Kier molecular flexibility index (Phi) is 4.02. The summed E-state index contributed by atoms with van der Waals surface area (Å²) in [5, 5.41) is 10.5. The lowest BCUT2D eigenvalue weighted by atomic mass is 10.2.